The average Bonchev–Trinajstić information content (AvgIpc) is 3.01. The van der Waals surface area contributed by atoms with Gasteiger partial charge in [0, 0.05) is 0 Å². The lowest BCUT2D eigenvalue weighted by Gasteiger charge is -2.21. The lowest BCUT2D eigenvalue weighted by atomic mass is 10.1. The summed E-state index contributed by atoms with van der Waals surface area (Å²) in [7, 11) is 0. The fraction of sp³-hybridized carbons (Fsp3) is 0.412. The zero-order chi connectivity index (χ0) is 17.5. The van der Waals surface area contributed by atoms with Crippen LogP contribution in [0.1, 0.15) is 41.5 Å². The van der Waals surface area contributed by atoms with Crippen molar-refractivity contribution in [2.75, 3.05) is 13.2 Å². The largest absolute Gasteiger partial charge is 0.442 e. The molecule has 2 heterocycles. The molecule has 1 atom stereocenters. The van der Waals surface area contributed by atoms with E-state index in [2.05, 4.69) is 4.99 Å². The lowest BCUT2D eigenvalue weighted by molar-refractivity contribution is 0.0569. The number of aliphatic imine (C=N–C) groups is 1. The molecule has 1 aromatic rings. The number of hydrogen-bond acceptors (Lipinski definition) is 5. The third-order valence-electron chi connectivity index (χ3n) is 3.68. The molecule has 1 aromatic carbocycles. The summed E-state index contributed by atoms with van der Waals surface area (Å²) >= 11 is 0. The van der Waals surface area contributed by atoms with Gasteiger partial charge in [0.15, 0.2) is 0 Å². The first-order chi connectivity index (χ1) is 11.3. The van der Waals surface area contributed by atoms with Crippen molar-refractivity contribution in [2.24, 2.45) is 4.99 Å². The monoisotopic (exact) mass is 330 g/mol. The third kappa shape index (κ3) is 2.94. The number of fused-ring (bicyclic) bond motifs is 1. The van der Waals surface area contributed by atoms with Gasteiger partial charge in [-0.1, -0.05) is 12.1 Å². The molecule has 3 amide bonds. The van der Waals surface area contributed by atoms with Crippen molar-refractivity contribution in [1.82, 2.24) is 4.90 Å². The maximum Gasteiger partial charge on any atom is 0.434 e. The highest BCUT2D eigenvalue weighted by Gasteiger charge is 2.44. The Balaban J connectivity index is 1.86. The second-order valence-electron chi connectivity index (χ2n) is 6.64. The van der Waals surface area contributed by atoms with Gasteiger partial charge in [-0.3, -0.25) is 14.5 Å². The highest BCUT2D eigenvalue weighted by molar-refractivity contribution is 6.23. The third-order valence-corrected chi connectivity index (χ3v) is 3.68. The number of carbonyl (C=O) groups is 3. The van der Waals surface area contributed by atoms with E-state index in [9.17, 15) is 14.4 Å². The molecule has 1 unspecified atom stereocenters. The Morgan fingerprint density at radius 3 is 2.33 bits per heavy atom. The molecule has 2 aliphatic heterocycles. The SMILES string of the molecule is CC(C)(C)OC(=O)/N=C1\COCC1N1C(=O)c2ccccc2C1=O. The van der Waals surface area contributed by atoms with Crippen LogP contribution in [0.15, 0.2) is 29.3 Å². The van der Waals surface area contributed by atoms with Gasteiger partial charge in [-0.2, -0.15) is 4.99 Å². The molecule has 24 heavy (non-hydrogen) atoms. The van der Waals surface area contributed by atoms with Crippen molar-refractivity contribution in [3.63, 3.8) is 0 Å². The van der Waals surface area contributed by atoms with Crippen LogP contribution in [0.25, 0.3) is 0 Å². The first kappa shape index (κ1) is 16.3. The second-order valence-corrected chi connectivity index (χ2v) is 6.64. The summed E-state index contributed by atoms with van der Waals surface area (Å²) in [4.78, 5) is 42.0. The molecule has 0 bridgehead atoms. The Morgan fingerprint density at radius 2 is 1.79 bits per heavy atom. The van der Waals surface area contributed by atoms with Gasteiger partial charge >= 0.3 is 6.09 Å². The molecular weight excluding hydrogens is 312 g/mol. The van der Waals surface area contributed by atoms with Gasteiger partial charge in [0.25, 0.3) is 11.8 Å². The fourth-order valence-corrected chi connectivity index (χ4v) is 2.69. The summed E-state index contributed by atoms with van der Waals surface area (Å²) in [6.45, 7) is 5.40. The standard InChI is InChI=1S/C17H18N2O5/c1-17(2,3)24-16(22)18-12-8-23-9-13(12)19-14(20)10-6-4-5-7-11(10)15(19)21/h4-7,13H,8-9H2,1-3H3/b18-12+. The minimum absolute atomic E-state index is 0.0807. The molecule has 0 aliphatic carbocycles. The molecule has 3 rings (SSSR count). The van der Waals surface area contributed by atoms with E-state index in [0.717, 1.165) is 4.90 Å². The summed E-state index contributed by atoms with van der Waals surface area (Å²) in [5.41, 5.74) is 0.349. The number of carbonyl (C=O) groups excluding carboxylic acids is 3. The smallest absolute Gasteiger partial charge is 0.434 e. The fourth-order valence-electron chi connectivity index (χ4n) is 2.69. The lowest BCUT2D eigenvalue weighted by Crippen LogP contribution is -2.44. The molecule has 0 N–H and O–H groups in total. The number of amides is 3. The van der Waals surface area contributed by atoms with Crippen LogP contribution in [-0.4, -0.2) is 53.4 Å². The number of imide groups is 1. The Morgan fingerprint density at radius 1 is 1.21 bits per heavy atom. The van der Waals surface area contributed by atoms with Crippen molar-refractivity contribution in [2.45, 2.75) is 32.4 Å². The van der Waals surface area contributed by atoms with Gasteiger partial charge < -0.3 is 9.47 Å². The van der Waals surface area contributed by atoms with Gasteiger partial charge in [-0.05, 0) is 32.9 Å². The summed E-state index contributed by atoms with van der Waals surface area (Å²) in [6, 6.07) is 5.93. The molecule has 126 valence electrons. The normalized spacial score (nSPS) is 22.2. The zero-order valence-electron chi connectivity index (χ0n) is 13.7. The van der Waals surface area contributed by atoms with E-state index in [-0.39, 0.29) is 13.2 Å². The maximum absolute atomic E-state index is 12.5. The van der Waals surface area contributed by atoms with Gasteiger partial charge in [-0.15, -0.1) is 0 Å². The quantitative estimate of drug-likeness (QED) is 0.736. The highest BCUT2D eigenvalue weighted by Crippen LogP contribution is 2.26. The van der Waals surface area contributed by atoms with Crippen LogP contribution >= 0.6 is 0 Å². The molecule has 0 radical (unpaired) electrons. The van der Waals surface area contributed by atoms with Crippen LogP contribution in [0, 0.1) is 0 Å². The molecule has 0 saturated carbocycles. The Kier molecular flexibility index (Phi) is 3.96. The predicted octanol–water partition coefficient (Wildman–Crippen LogP) is 2.06. The van der Waals surface area contributed by atoms with Gasteiger partial charge in [0.05, 0.1) is 30.1 Å². The van der Waals surface area contributed by atoms with Crippen molar-refractivity contribution in [3.8, 4) is 0 Å². The van der Waals surface area contributed by atoms with Gasteiger partial charge in [0.1, 0.15) is 11.6 Å². The van der Waals surface area contributed by atoms with Gasteiger partial charge in [0.2, 0.25) is 0 Å². The minimum atomic E-state index is -0.760. The first-order valence-corrected chi connectivity index (χ1v) is 7.63. The molecule has 1 saturated heterocycles. The Bertz CT molecular complexity index is 713. The van der Waals surface area contributed by atoms with Crippen LogP contribution in [0.4, 0.5) is 4.79 Å². The van der Waals surface area contributed by atoms with E-state index in [1.165, 1.54) is 0 Å². The Hall–Kier alpha value is -2.54. The van der Waals surface area contributed by atoms with Crippen LogP contribution in [0.5, 0.6) is 0 Å². The first-order valence-electron chi connectivity index (χ1n) is 7.63. The summed E-state index contributed by atoms with van der Waals surface area (Å²) in [5, 5.41) is 0. The zero-order valence-corrected chi connectivity index (χ0v) is 13.7. The van der Waals surface area contributed by atoms with Crippen molar-refractivity contribution in [3.05, 3.63) is 35.4 Å². The maximum atomic E-state index is 12.5. The van der Waals surface area contributed by atoms with Crippen LogP contribution < -0.4 is 0 Å². The number of ether oxygens (including phenoxy) is 2. The van der Waals surface area contributed by atoms with Crippen LogP contribution in [-0.2, 0) is 9.47 Å². The van der Waals surface area contributed by atoms with E-state index in [0.29, 0.717) is 16.8 Å². The predicted molar refractivity (Wildman–Crippen MR) is 85.2 cm³/mol. The summed E-state index contributed by atoms with van der Waals surface area (Å²) in [6.07, 6.45) is -0.760. The van der Waals surface area contributed by atoms with Crippen LogP contribution in [0.2, 0.25) is 0 Å². The number of benzene rings is 1. The van der Waals surface area contributed by atoms with Gasteiger partial charge in [-0.25, -0.2) is 4.79 Å². The summed E-state index contributed by atoms with van der Waals surface area (Å²) < 4.78 is 10.5. The van der Waals surface area contributed by atoms with Crippen molar-refractivity contribution in [1.29, 1.82) is 0 Å². The molecule has 7 heteroatoms. The van der Waals surface area contributed by atoms with Crippen LogP contribution in [0.3, 0.4) is 0 Å². The molecular formula is C17H18N2O5. The number of hydrogen-bond donors (Lipinski definition) is 0. The minimum Gasteiger partial charge on any atom is -0.442 e. The molecule has 0 spiro atoms. The number of nitrogens with zero attached hydrogens (tertiary/aromatic N) is 2. The molecule has 2 aliphatic rings. The molecule has 7 nitrogen and oxygen atoms in total. The van der Waals surface area contributed by atoms with E-state index >= 15 is 0 Å². The molecule has 1 fully saturated rings. The van der Waals surface area contributed by atoms with E-state index < -0.39 is 29.6 Å². The molecule has 0 aromatic heterocycles. The van der Waals surface area contributed by atoms with Crippen molar-refractivity contribution < 1.29 is 23.9 Å². The topological polar surface area (TPSA) is 85.3 Å². The van der Waals surface area contributed by atoms with E-state index in [1.807, 2.05) is 0 Å². The summed E-state index contributed by atoms with van der Waals surface area (Å²) in [5.74, 6) is -0.800. The van der Waals surface area contributed by atoms with E-state index in [1.54, 1.807) is 45.0 Å². The average molecular weight is 330 g/mol. The van der Waals surface area contributed by atoms with E-state index in [4.69, 9.17) is 9.47 Å². The second kappa shape index (κ2) is 5.83. The highest BCUT2D eigenvalue weighted by atomic mass is 16.6. The Labute approximate surface area is 139 Å². The van der Waals surface area contributed by atoms with Crippen molar-refractivity contribution >= 4 is 23.6 Å². The number of rotatable bonds is 1.